The molecule has 1 aromatic carbocycles. The first-order valence-electron chi connectivity index (χ1n) is 3.16. The van der Waals surface area contributed by atoms with Gasteiger partial charge in [-0.3, -0.25) is 14.3 Å². The molecule has 0 aromatic heterocycles. The molecular formula is C6H2BrClNNaO4S. The summed E-state index contributed by atoms with van der Waals surface area (Å²) >= 11 is 5.93. The van der Waals surface area contributed by atoms with Crippen LogP contribution in [0.15, 0.2) is 21.5 Å². The van der Waals surface area contributed by atoms with Gasteiger partial charge in [-0.1, -0.05) is 11.6 Å². The zero-order valence-corrected chi connectivity index (χ0v) is 12.6. The summed E-state index contributed by atoms with van der Waals surface area (Å²) in [5, 5.41) is 10.3. The Labute approximate surface area is 123 Å². The molecule has 9 heteroatoms. The number of rotatable bonds is 2. The number of nitro benzene ring substituents is 1. The molecule has 1 rings (SSSR count). The molecule has 0 radical (unpaired) electrons. The van der Waals surface area contributed by atoms with Crippen LogP contribution in [0.5, 0.6) is 0 Å². The second-order valence-corrected chi connectivity index (χ2v) is 4.37. The fourth-order valence-corrected chi connectivity index (χ4v) is 2.13. The molecule has 1 aromatic rings. The van der Waals surface area contributed by atoms with Crippen LogP contribution in [0.4, 0.5) is 5.69 Å². The van der Waals surface area contributed by atoms with E-state index in [1.165, 1.54) is 0 Å². The van der Waals surface area contributed by atoms with Gasteiger partial charge in [0.25, 0.3) is 5.69 Å². The van der Waals surface area contributed by atoms with E-state index in [1.807, 2.05) is 0 Å². The minimum absolute atomic E-state index is 0. The van der Waals surface area contributed by atoms with Crippen LogP contribution in [0.25, 0.3) is 0 Å². The van der Waals surface area contributed by atoms with Gasteiger partial charge in [-0.15, -0.1) is 0 Å². The van der Waals surface area contributed by atoms with Crippen molar-refractivity contribution in [3.05, 3.63) is 31.7 Å². The van der Waals surface area contributed by atoms with E-state index in [-0.39, 0.29) is 49.6 Å². The molecule has 0 saturated heterocycles. The van der Waals surface area contributed by atoms with Crippen molar-refractivity contribution in [2.75, 3.05) is 0 Å². The van der Waals surface area contributed by atoms with Crippen LogP contribution in [-0.4, -0.2) is 13.7 Å². The van der Waals surface area contributed by atoms with Gasteiger partial charge in [0.2, 0.25) is 0 Å². The summed E-state index contributed by atoms with van der Waals surface area (Å²) in [5.74, 6) is 0. The average Bonchev–Trinajstić information content (AvgIpc) is 2.08. The molecule has 0 N–H and O–H groups in total. The molecule has 0 saturated carbocycles. The first-order chi connectivity index (χ1) is 6.43. The topological polar surface area (TPSA) is 83.3 Å². The Hall–Kier alpha value is 0.500. The van der Waals surface area contributed by atoms with Gasteiger partial charge in [-0.2, -0.15) is 0 Å². The van der Waals surface area contributed by atoms with Crippen LogP contribution in [0.1, 0.15) is 0 Å². The van der Waals surface area contributed by atoms with Crippen molar-refractivity contribution in [1.29, 1.82) is 0 Å². The third kappa shape index (κ3) is 3.77. The largest absolute Gasteiger partial charge is 1.00 e. The molecule has 15 heavy (non-hydrogen) atoms. The molecule has 1 atom stereocenters. The molecule has 0 heterocycles. The number of nitro groups is 1. The van der Waals surface area contributed by atoms with E-state index in [0.717, 1.165) is 12.1 Å². The summed E-state index contributed by atoms with van der Waals surface area (Å²) in [7, 11) is 0. The summed E-state index contributed by atoms with van der Waals surface area (Å²) in [6.07, 6.45) is 0. The molecule has 1 unspecified atom stereocenters. The predicted molar refractivity (Wildman–Crippen MR) is 53.0 cm³/mol. The van der Waals surface area contributed by atoms with Crippen LogP contribution in [0.3, 0.4) is 0 Å². The standard InChI is InChI=1S/C6H3BrClNO4S.Na/c7-4-1-3(9(10)11)2-5(6(4)8)14(12)13;/h1-2H,(H,12,13);/q;+1/p-1. The Morgan fingerprint density at radius 3 is 2.40 bits per heavy atom. The van der Waals surface area contributed by atoms with E-state index in [0.29, 0.717) is 0 Å². The summed E-state index contributed by atoms with van der Waals surface area (Å²) in [6.45, 7) is 0. The van der Waals surface area contributed by atoms with E-state index in [9.17, 15) is 18.9 Å². The van der Waals surface area contributed by atoms with Crippen molar-refractivity contribution in [2.24, 2.45) is 0 Å². The molecule has 0 fully saturated rings. The number of hydrogen-bond acceptors (Lipinski definition) is 4. The number of benzene rings is 1. The van der Waals surface area contributed by atoms with E-state index in [2.05, 4.69) is 15.9 Å². The first kappa shape index (κ1) is 15.5. The zero-order chi connectivity index (χ0) is 10.9. The molecule has 0 bridgehead atoms. The molecule has 5 nitrogen and oxygen atoms in total. The van der Waals surface area contributed by atoms with Gasteiger partial charge >= 0.3 is 29.6 Å². The molecule has 76 valence electrons. The second kappa shape index (κ2) is 6.29. The normalized spacial score (nSPS) is 11.7. The number of hydrogen-bond donors (Lipinski definition) is 0. The molecule has 0 aliphatic rings. The van der Waals surface area contributed by atoms with E-state index in [4.69, 9.17) is 11.6 Å². The van der Waals surface area contributed by atoms with Gasteiger partial charge in [-0.25, -0.2) is 0 Å². The Morgan fingerprint density at radius 1 is 1.47 bits per heavy atom. The maximum absolute atomic E-state index is 10.6. The molecule has 0 amide bonds. The van der Waals surface area contributed by atoms with Crippen molar-refractivity contribution in [1.82, 2.24) is 0 Å². The summed E-state index contributed by atoms with van der Waals surface area (Å²) in [5.41, 5.74) is -0.333. The monoisotopic (exact) mass is 321 g/mol. The molecule has 0 aliphatic heterocycles. The molecule has 0 spiro atoms. The van der Waals surface area contributed by atoms with Gasteiger partial charge < -0.3 is 4.55 Å². The fourth-order valence-electron chi connectivity index (χ4n) is 0.777. The first-order valence-corrected chi connectivity index (χ1v) is 5.40. The van der Waals surface area contributed by atoms with Crippen molar-refractivity contribution < 1.29 is 43.2 Å². The maximum atomic E-state index is 10.6. The minimum atomic E-state index is -2.59. The maximum Gasteiger partial charge on any atom is 1.00 e. The van der Waals surface area contributed by atoms with Crippen LogP contribution in [0.2, 0.25) is 5.02 Å². The second-order valence-electron chi connectivity index (χ2n) is 2.23. The Kier molecular flexibility index (Phi) is 6.50. The number of non-ortho nitro benzene ring substituents is 1. The summed E-state index contributed by atoms with van der Waals surface area (Å²) in [4.78, 5) is 9.38. The fraction of sp³-hybridized carbons (Fsp3) is 0. The quantitative estimate of drug-likeness (QED) is 0.310. The zero-order valence-electron chi connectivity index (χ0n) is 7.40. The SMILES string of the molecule is O=[N+]([O-])c1cc(Br)c(Cl)c(S(=O)[O-])c1.[Na+]. The Morgan fingerprint density at radius 2 is 2.00 bits per heavy atom. The number of nitrogens with zero attached hydrogens (tertiary/aromatic N) is 1. The molecule has 0 aliphatic carbocycles. The van der Waals surface area contributed by atoms with Gasteiger partial charge in [0.05, 0.1) is 14.8 Å². The van der Waals surface area contributed by atoms with Gasteiger partial charge in [0.1, 0.15) is 0 Å². The van der Waals surface area contributed by atoms with Crippen molar-refractivity contribution >= 4 is 44.3 Å². The minimum Gasteiger partial charge on any atom is -0.768 e. The Bertz CT molecular complexity index is 430. The van der Waals surface area contributed by atoms with Crippen molar-refractivity contribution in [3.8, 4) is 0 Å². The smallest absolute Gasteiger partial charge is 0.768 e. The van der Waals surface area contributed by atoms with Crippen LogP contribution in [0, 0.1) is 10.1 Å². The average molecular weight is 322 g/mol. The third-order valence-corrected chi connectivity index (χ3v) is 3.42. The van der Waals surface area contributed by atoms with Crippen molar-refractivity contribution in [3.63, 3.8) is 0 Å². The Balaban J connectivity index is 0.00000196. The van der Waals surface area contributed by atoms with Crippen LogP contribution < -0.4 is 29.6 Å². The van der Waals surface area contributed by atoms with E-state index in [1.54, 1.807) is 0 Å². The van der Waals surface area contributed by atoms with Gasteiger partial charge in [0.15, 0.2) is 0 Å². The van der Waals surface area contributed by atoms with Crippen LogP contribution in [-0.2, 0) is 11.1 Å². The van der Waals surface area contributed by atoms with Crippen molar-refractivity contribution in [2.45, 2.75) is 4.90 Å². The summed E-state index contributed by atoms with van der Waals surface area (Å²) < 4.78 is 21.4. The van der Waals surface area contributed by atoms with Crippen LogP contribution >= 0.6 is 27.5 Å². The van der Waals surface area contributed by atoms with Gasteiger partial charge in [-0.05, 0) is 27.0 Å². The number of halogens is 2. The van der Waals surface area contributed by atoms with Gasteiger partial charge in [0, 0.05) is 16.6 Å². The van der Waals surface area contributed by atoms with E-state index < -0.39 is 16.0 Å². The van der Waals surface area contributed by atoms with E-state index >= 15 is 0 Å². The predicted octanol–water partition coefficient (Wildman–Crippen LogP) is -0.747. The summed E-state index contributed by atoms with van der Waals surface area (Å²) in [6, 6.07) is 2.04. The third-order valence-electron chi connectivity index (χ3n) is 1.37. The molecular weight excluding hydrogens is 320 g/mol.